The van der Waals surface area contributed by atoms with Crippen LogP contribution in [0.15, 0.2) is 54.6 Å². The lowest BCUT2D eigenvalue weighted by Crippen LogP contribution is -2.15. The van der Waals surface area contributed by atoms with Crippen molar-refractivity contribution in [1.82, 2.24) is 0 Å². The van der Waals surface area contributed by atoms with Crippen molar-refractivity contribution in [1.29, 1.82) is 0 Å². The third-order valence-corrected chi connectivity index (χ3v) is 5.59. The second-order valence-electron chi connectivity index (χ2n) is 9.11. The summed E-state index contributed by atoms with van der Waals surface area (Å²) in [6.07, 6.45) is 1.50. The number of aryl methyl sites for hydroxylation is 2. The molecule has 1 heteroatoms. The average molecular weight is 373 g/mol. The summed E-state index contributed by atoms with van der Waals surface area (Å²) in [5, 5.41) is 11.2. The van der Waals surface area contributed by atoms with E-state index in [1.807, 2.05) is 0 Å². The third kappa shape index (κ3) is 4.47. The van der Waals surface area contributed by atoms with Crippen molar-refractivity contribution in [2.45, 2.75) is 59.8 Å². The topological polar surface area (TPSA) is 20.2 Å². The summed E-state index contributed by atoms with van der Waals surface area (Å²) >= 11 is 0. The molecule has 0 heterocycles. The molecule has 1 nitrogen and oxygen atoms in total. The van der Waals surface area contributed by atoms with Gasteiger partial charge in [0.1, 0.15) is 5.75 Å². The molecule has 3 rings (SSSR count). The van der Waals surface area contributed by atoms with Gasteiger partial charge in [-0.3, -0.25) is 0 Å². The van der Waals surface area contributed by atoms with Crippen molar-refractivity contribution in [3.8, 4) is 5.75 Å². The molecule has 0 fully saturated rings. The molecule has 0 aliphatic rings. The zero-order valence-corrected chi connectivity index (χ0v) is 18.1. The van der Waals surface area contributed by atoms with E-state index in [1.165, 1.54) is 33.4 Å². The van der Waals surface area contributed by atoms with Gasteiger partial charge in [-0.25, -0.2) is 0 Å². The summed E-state index contributed by atoms with van der Waals surface area (Å²) in [6.45, 7) is 13.1. The van der Waals surface area contributed by atoms with Gasteiger partial charge in [-0.15, -0.1) is 0 Å². The van der Waals surface area contributed by atoms with Crippen molar-refractivity contribution < 1.29 is 5.11 Å². The molecule has 0 amide bonds. The zero-order valence-electron chi connectivity index (χ0n) is 18.1. The highest BCUT2D eigenvalue weighted by atomic mass is 16.3. The molecule has 0 bridgehead atoms. The monoisotopic (exact) mass is 372 g/mol. The van der Waals surface area contributed by atoms with Gasteiger partial charge in [0, 0.05) is 18.4 Å². The third-order valence-electron chi connectivity index (χ3n) is 5.59. The van der Waals surface area contributed by atoms with E-state index in [2.05, 4.69) is 96.1 Å². The van der Waals surface area contributed by atoms with Crippen LogP contribution in [0.5, 0.6) is 5.75 Å². The Balaban J connectivity index is 2.08. The molecule has 146 valence electrons. The molecular weight excluding hydrogens is 340 g/mol. The van der Waals surface area contributed by atoms with E-state index in [0.717, 1.165) is 24.0 Å². The van der Waals surface area contributed by atoms with E-state index in [4.69, 9.17) is 0 Å². The van der Waals surface area contributed by atoms with E-state index < -0.39 is 0 Å². The van der Waals surface area contributed by atoms with E-state index >= 15 is 0 Å². The maximum absolute atomic E-state index is 11.2. The van der Waals surface area contributed by atoms with Crippen LogP contribution < -0.4 is 0 Å². The minimum atomic E-state index is 0.0296. The summed E-state index contributed by atoms with van der Waals surface area (Å²) in [6, 6.07) is 19.4. The molecule has 0 atom stereocenters. The number of rotatable bonds is 4. The molecule has 0 aliphatic carbocycles. The van der Waals surface area contributed by atoms with Crippen LogP contribution in [0.1, 0.15) is 65.3 Å². The fourth-order valence-electron chi connectivity index (χ4n) is 3.85. The van der Waals surface area contributed by atoms with Crippen LogP contribution in [0.25, 0.3) is 0 Å². The number of hydrogen-bond donors (Lipinski definition) is 1. The summed E-state index contributed by atoms with van der Waals surface area (Å²) in [5.41, 5.74) is 9.59. The Bertz CT molecular complexity index is 955. The normalized spacial score (nSPS) is 11.6. The van der Waals surface area contributed by atoms with Crippen LogP contribution in [0.4, 0.5) is 0 Å². The Morgan fingerprint density at radius 3 is 1.64 bits per heavy atom. The summed E-state index contributed by atoms with van der Waals surface area (Å²) < 4.78 is 0. The van der Waals surface area contributed by atoms with Gasteiger partial charge in [0.05, 0.1) is 0 Å². The quantitative estimate of drug-likeness (QED) is 0.534. The molecule has 0 aliphatic heterocycles. The Morgan fingerprint density at radius 1 is 0.714 bits per heavy atom. The van der Waals surface area contributed by atoms with Crippen molar-refractivity contribution in [3.05, 3.63) is 99.1 Å². The van der Waals surface area contributed by atoms with Crippen molar-refractivity contribution in [2.75, 3.05) is 0 Å². The molecule has 28 heavy (non-hydrogen) atoms. The zero-order chi connectivity index (χ0) is 20.5. The first-order valence-corrected chi connectivity index (χ1v) is 10.1. The second-order valence-corrected chi connectivity index (χ2v) is 9.11. The Labute approximate surface area is 170 Å². The maximum atomic E-state index is 11.2. The van der Waals surface area contributed by atoms with Crippen molar-refractivity contribution in [3.63, 3.8) is 0 Å². The summed E-state index contributed by atoms with van der Waals surface area (Å²) in [5.74, 6) is 0.451. The van der Waals surface area contributed by atoms with Crippen LogP contribution >= 0.6 is 0 Å². The van der Waals surface area contributed by atoms with Gasteiger partial charge in [-0.05, 0) is 54.0 Å². The highest BCUT2D eigenvalue weighted by Gasteiger charge is 2.23. The van der Waals surface area contributed by atoms with Gasteiger partial charge >= 0.3 is 0 Å². The molecule has 0 aromatic heterocycles. The molecule has 0 unspecified atom stereocenters. The molecule has 0 radical (unpaired) electrons. The first-order chi connectivity index (χ1) is 13.1. The number of benzene rings is 3. The van der Waals surface area contributed by atoms with Gasteiger partial charge in [-0.1, -0.05) is 86.5 Å². The average Bonchev–Trinajstić information content (AvgIpc) is 2.63. The number of phenols is 1. The van der Waals surface area contributed by atoms with Gasteiger partial charge in [-0.2, -0.15) is 0 Å². The van der Waals surface area contributed by atoms with E-state index in [1.54, 1.807) is 0 Å². The largest absolute Gasteiger partial charge is 0.507 e. The minimum Gasteiger partial charge on any atom is -0.507 e. The van der Waals surface area contributed by atoms with Crippen molar-refractivity contribution >= 4 is 0 Å². The van der Waals surface area contributed by atoms with Gasteiger partial charge in [0.15, 0.2) is 0 Å². The molecule has 0 spiro atoms. The van der Waals surface area contributed by atoms with Crippen LogP contribution in [0.3, 0.4) is 0 Å². The molecule has 0 saturated carbocycles. The lowest BCUT2D eigenvalue weighted by molar-refractivity contribution is 0.460. The van der Waals surface area contributed by atoms with Crippen LogP contribution in [-0.2, 0) is 18.3 Å². The first kappa shape index (κ1) is 20.2. The van der Waals surface area contributed by atoms with Gasteiger partial charge in [0.2, 0.25) is 0 Å². The van der Waals surface area contributed by atoms with E-state index in [0.29, 0.717) is 5.75 Å². The highest BCUT2D eigenvalue weighted by Crippen LogP contribution is 2.37. The number of hydrogen-bond acceptors (Lipinski definition) is 1. The Hall–Kier alpha value is -2.54. The minimum absolute atomic E-state index is 0.0296. The molecule has 3 aromatic rings. The second kappa shape index (κ2) is 7.83. The highest BCUT2D eigenvalue weighted by molar-refractivity contribution is 5.54. The molecular formula is C27H32O. The smallest absolute Gasteiger partial charge is 0.122 e. The molecule has 3 aromatic carbocycles. The number of phenolic OH excluding ortho intramolecular Hbond substituents is 1. The Kier molecular flexibility index (Phi) is 5.65. The van der Waals surface area contributed by atoms with Gasteiger partial charge in [0.25, 0.3) is 0 Å². The lowest BCUT2D eigenvalue weighted by Gasteiger charge is -2.26. The van der Waals surface area contributed by atoms with Crippen molar-refractivity contribution in [2.24, 2.45) is 0 Å². The fraction of sp³-hybridized carbons (Fsp3) is 0.333. The fourth-order valence-corrected chi connectivity index (χ4v) is 3.85. The number of aromatic hydroxyl groups is 1. The standard InChI is InChI=1S/C27H32O/c1-18-7-11-21(12-8-18)15-23-17-25(27(4,5)6)20(3)24(26(23)28)16-22-13-9-19(2)10-14-22/h7-14,17,28H,15-16H2,1-6H3. The Morgan fingerprint density at radius 2 is 1.18 bits per heavy atom. The SMILES string of the molecule is Cc1ccc(Cc2cc(C(C)(C)C)c(C)c(Cc3ccc(C)cc3)c2O)cc1. The predicted molar refractivity (Wildman–Crippen MR) is 120 cm³/mol. The van der Waals surface area contributed by atoms with Crippen LogP contribution in [0, 0.1) is 20.8 Å². The van der Waals surface area contributed by atoms with Crippen LogP contribution in [0.2, 0.25) is 0 Å². The van der Waals surface area contributed by atoms with E-state index in [9.17, 15) is 5.11 Å². The predicted octanol–water partition coefficient (Wildman–Crippen LogP) is 6.80. The van der Waals surface area contributed by atoms with Crippen LogP contribution in [-0.4, -0.2) is 5.11 Å². The summed E-state index contributed by atoms with van der Waals surface area (Å²) in [7, 11) is 0. The van der Waals surface area contributed by atoms with E-state index in [-0.39, 0.29) is 5.41 Å². The summed E-state index contributed by atoms with van der Waals surface area (Å²) in [4.78, 5) is 0. The first-order valence-electron chi connectivity index (χ1n) is 10.1. The molecule has 1 N–H and O–H groups in total. The molecule has 0 saturated heterocycles. The lowest BCUT2D eigenvalue weighted by atomic mass is 9.79. The van der Waals surface area contributed by atoms with Gasteiger partial charge < -0.3 is 5.11 Å². The maximum Gasteiger partial charge on any atom is 0.122 e.